The average molecular weight is 447 g/mol. The second-order valence-corrected chi connectivity index (χ2v) is 8.40. The summed E-state index contributed by atoms with van der Waals surface area (Å²) in [6, 6.07) is 14.0. The molecule has 1 atom stereocenters. The zero-order chi connectivity index (χ0) is 22.9. The Bertz CT molecular complexity index is 1200. The van der Waals surface area contributed by atoms with Gasteiger partial charge in [0.1, 0.15) is 11.9 Å². The lowest BCUT2D eigenvalue weighted by Crippen LogP contribution is -2.33. The minimum atomic E-state index is -0.386. The van der Waals surface area contributed by atoms with E-state index in [1.807, 2.05) is 30.3 Å². The van der Waals surface area contributed by atoms with Crippen molar-refractivity contribution in [2.24, 2.45) is 0 Å². The van der Waals surface area contributed by atoms with E-state index in [0.717, 1.165) is 53.2 Å². The number of fused-ring (bicyclic) bond motifs is 3. The smallest absolute Gasteiger partial charge is 0.414 e. The Hall–Kier alpha value is -3.81. The molecule has 8 nitrogen and oxygen atoms in total. The van der Waals surface area contributed by atoms with Gasteiger partial charge in [0.2, 0.25) is 5.91 Å². The molecule has 33 heavy (non-hydrogen) atoms. The van der Waals surface area contributed by atoms with Crippen molar-refractivity contribution in [2.45, 2.75) is 32.3 Å². The summed E-state index contributed by atoms with van der Waals surface area (Å²) in [6.07, 6.45) is 2.07. The molecule has 1 aliphatic carbocycles. The summed E-state index contributed by atoms with van der Waals surface area (Å²) in [5.41, 5.74) is 7.36. The molecule has 2 heterocycles. The zero-order valence-corrected chi connectivity index (χ0v) is 18.7. The van der Waals surface area contributed by atoms with E-state index < -0.39 is 0 Å². The normalized spacial score (nSPS) is 17.1. The fraction of sp³-hybridized carbons (Fsp3) is 0.320. The number of hydrogen-bond donors (Lipinski definition) is 2. The first kappa shape index (κ1) is 21.1. The van der Waals surface area contributed by atoms with E-state index in [1.54, 1.807) is 12.0 Å². The Morgan fingerprint density at radius 1 is 1.24 bits per heavy atom. The average Bonchev–Trinajstić information content (AvgIpc) is 3.36. The van der Waals surface area contributed by atoms with Gasteiger partial charge in [-0.3, -0.25) is 14.8 Å². The number of anilines is 1. The summed E-state index contributed by atoms with van der Waals surface area (Å²) < 4.78 is 10.7. The van der Waals surface area contributed by atoms with Gasteiger partial charge in [0.25, 0.3) is 0 Å². The van der Waals surface area contributed by atoms with Gasteiger partial charge in [0, 0.05) is 29.3 Å². The number of aromatic nitrogens is 2. The molecule has 1 aliphatic heterocycles. The molecule has 3 aromatic rings. The summed E-state index contributed by atoms with van der Waals surface area (Å²) in [7, 11) is 1.66. The summed E-state index contributed by atoms with van der Waals surface area (Å²) in [4.78, 5) is 25.2. The van der Waals surface area contributed by atoms with Crippen LogP contribution in [-0.2, 0) is 22.4 Å². The van der Waals surface area contributed by atoms with Crippen LogP contribution in [0.1, 0.15) is 24.5 Å². The summed E-state index contributed by atoms with van der Waals surface area (Å²) >= 11 is 0. The number of nitrogens with one attached hydrogen (secondary N) is 2. The van der Waals surface area contributed by atoms with Crippen LogP contribution in [0.15, 0.2) is 42.5 Å². The third-order valence-corrected chi connectivity index (χ3v) is 6.23. The van der Waals surface area contributed by atoms with Gasteiger partial charge in [-0.05, 0) is 61.2 Å². The highest BCUT2D eigenvalue weighted by Crippen LogP contribution is 2.38. The largest absolute Gasteiger partial charge is 0.497 e. The molecule has 2 aromatic carbocycles. The lowest BCUT2D eigenvalue weighted by atomic mass is 9.99. The molecule has 1 aromatic heterocycles. The summed E-state index contributed by atoms with van der Waals surface area (Å²) in [6.45, 7) is 2.17. The van der Waals surface area contributed by atoms with Crippen LogP contribution < -0.4 is 15.0 Å². The predicted molar refractivity (Wildman–Crippen MR) is 124 cm³/mol. The Morgan fingerprint density at radius 3 is 2.82 bits per heavy atom. The van der Waals surface area contributed by atoms with Crippen molar-refractivity contribution >= 4 is 17.7 Å². The van der Waals surface area contributed by atoms with Crippen LogP contribution in [0.2, 0.25) is 0 Å². The number of carbonyl (C=O) groups excluding carboxylic acids is 2. The number of H-pyrrole nitrogens is 1. The number of methoxy groups -OCH3 is 1. The number of aromatic amines is 1. The highest BCUT2D eigenvalue weighted by molar-refractivity contribution is 5.91. The predicted octanol–water partition coefficient (Wildman–Crippen LogP) is 3.70. The first-order chi connectivity index (χ1) is 16.0. The highest BCUT2D eigenvalue weighted by Gasteiger charge is 2.33. The van der Waals surface area contributed by atoms with Crippen molar-refractivity contribution in [2.75, 3.05) is 25.1 Å². The number of amides is 2. The molecule has 8 heteroatoms. The maximum Gasteiger partial charge on any atom is 0.414 e. The number of cyclic esters (lactones) is 1. The third kappa shape index (κ3) is 4.04. The Morgan fingerprint density at radius 2 is 2.06 bits per heavy atom. The number of benzene rings is 2. The Balaban J connectivity index is 1.42. The van der Waals surface area contributed by atoms with Gasteiger partial charge < -0.3 is 14.8 Å². The summed E-state index contributed by atoms with van der Waals surface area (Å²) in [5.74, 6) is 0.678. The molecule has 170 valence electrons. The molecule has 2 N–H and O–H groups in total. The summed E-state index contributed by atoms with van der Waals surface area (Å²) in [5, 5.41) is 10.6. The lowest BCUT2D eigenvalue weighted by molar-refractivity contribution is -0.119. The lowest BCUT2D eigenvalue weighted by Gasteiger charge is -2.16. The second kappa shape index (κ2) is 8.61. The minimum absolute atomic E-state index is 0.140. The molecule has 2 aliphatic rings. The molecule has 1 saturated heterocycles. The van der Waals surface area contributed by atoms with Crippen molar-refractivity contribution < 1.29 is 19.1 Å². The number of aryl methyl sites for hydroxylation is 1. The highest BCUT2D eigenvalue weighted by atomic mass is 16.6. The van der Waals surface area contributed by atoms with Gasteiger partial charge in [-0.15, -0.1) is 0 Å². The van der Waals surface area contributed by atoms with Gasteiger partial charge >= 0.3 is 6.09 Å². The zero-order valence-electron chi connectivity index (χ0n) is 18.7. The van der Waals surface area contributed by atoms with Crippen molar-refractivity contribution in [1.82, 2.24) is 15.5 Å². The molecule has 0 saturated carbocycles. The van der Waals surface area contributed by atoms with Crippen LogP contribution in [-0.4, -0.2) is 48.5 Å². The molecular weight excluding hydrogens is 420 g/mol. The molecule has 2 amide bonds. The molecule has 5 rings (SSSR count). The van der Waals surface area contributed by atoms with Crippen LogP contribution in [0.5, 0.6) is 5.75 Å². The van der Waals surface area contributed by atoms with E-state index in [4.69, 9.17) is 9.47 Å². The van der Waals surface area contributed by atoms with E-state index in [-0.39, 0.29) is 18.1 Å². The molecule has 1 fully saturated rings. The van der Waals surface area contributed by atoms with Gasteiger partial charge in [-0.2, -0.15) is 5.10 Å². The van der Waals surface area contributed by atoms with E-state index in [0.29, 0.717) is 13.1 Å². The molecule has 0 radical (unpaired) electrons. The van der Waals surface area contributed by atoms with Gasteiger partial charge in [-0.25, -0.2) is 4.79 Å². The topological polar surface area (TPSA) is 96.6 Å². The molecule has 0 bridgehead atoms. The second-order valence-electron chi connectivity index (χ2n) is 8.40. The van der Waals surface area contributed by atoms with Crippen LogP contribution in [0.3, 0.4) is 0 Å². The van der Waals surface area contributed by atoms with Crippen LogP contribution in [0, 0.1) is 0 Å². The maximum atomic E-state index is 12.4. The molecule has 0 unspecified atom stereocenters. The van der Waals surface area contributed by atoms with Gasteiger partial charge in [0.15, 0.2) is 0 Å². The Kier molecular flexibility index (Phi) is 5.50. The quantitative estimate of drug-likeness (QED) is 0.623. The number of carbonyl (C=O) groups is 2. The van der Waals surface area contributed by atoms with Crippen molar-refractivity contribution in [3.63, 3.8) is 0 Å². The first-order valence-corrected chi connectivity index (χ1v) is 11.1. The van der Waals surface area contributed by atoms with E-state index in [1.165, 1.54) is 18.1 Å². The van der Waals surface area contributed by atoms with E-state index >= 15 is 0 Å². The van der Waals surface area contributed by atoms with Crippen LogP contribution >= 0.6 is 0 Å². The standard InChI is InChI=1S/C25H26N4O4/c1-15(30)26-13-20-14-29(25(31)33-20)18-8-11-21-17(12-18)4-3-5-22-23(27-28-24(21)22)16-6-9-19(32-2)10-7-16/h6-12,20H,3-5,13-14H2,1-2H3,(H,26,30)(H,27,28)/t20-/m0/s1. The number of nitrogens with zero attached hydrogens (tertiary/aromatic N) is 2. The molecule has 0 spiro atoms. The van der Waals surface area contributed by atoms with Gasteiger partial charge in [0.05, 0.1) is 31.6 Å². The molecular formula is C25H26N4O4. The fourth-order valence-electron chi connectivity index (χ4n) is 4.57. The first-order valence-electron chi connectivity index (χ1n) is 11.1. The van der Waals surface area contributed by atoms with E-state index in [2.05, 4.69) is 27.6 Å². The van der Waals surface area contributed by atoms with Crippen molar-refractivity contribution in [1.29, 1.82) is 0 Å². The fourth-order valence-corrected chi connectivity index (χ4v) is 4.57. The number of rotatable bonds is 5. The maximum absolute atomic E-state index is 12.4. The minimum Gasteiger partial charge on any atom is -0.497 e. The van der Waals surface area contributed by atoms with E-state index in [9.17, 15) is 9.59 Å². The monoisotopic (exact) mass is 446 g/mol. The Labute approximate surface area is 191 Å². The van der Waals surface area contributed by atoms with Crippen LogP contribution in [0.25, 0.3) is 22.5 Å². The van der Waals surface area contributed by atoms with Crippen molar-refractivity contribution in [3.8, 4) is 28.3 Å². The number of hydrogen-bond acceptors (Lipinski definition) is 5. The SMILES string of the molecule is COc1ccc(-c2n[nH]c3c2CCCc2cc(N4C[C@H](CNC(C)=O)OC4=O)ccc2-3)cc1. The van der Waals surface area contributed by atoms with Crippen LogP contribution in [0.4, 0.5) is 10.5 Å². The van der Waals surface area contributed by atoms with Crippen molar-refractivity contribution in [3.05, 3.63) is 53.6 Å². The third-order valence-electron chi connectivity index (χ3n) is 6.23. The number of ether oxygens (including phenoxy) is 2. The van der Waals surface area contributed by atoms with Gasteiger partial charge in [-0.1, -0.05) is 6.07 Å².